The van der Waals surface area contributed by atoms with Crippen molar-refractivity contribution in [1.29, 1.82) is 0 Å². The number of hydrogen-bond donors (Lipinski definition) is 2. The summed E-state index contributed by atoms with van der Waals surface area (Å²) >= 11 is 5.74. The summed E-state index contributed by atoms with van der Waals surface area (Å²) in [5.41, 5.74) is 0.314. The van der Waals surface area contributed by atoms with E-state index in [4.69, 9.17) is 16.7 Å². The maximum absolute atomic E-state index is 11.9. The summed E-state index contributed by atoms with van der Waals surface area (Å²) in [6, 6.07) is 4.40. The first kappa shape index (κ1) is 12.9. The third kappa shape index (κ3) is 2.48. The van der Waals surface area contributed by atoms with Gasteiger partial charge in [0.15, 0.2) is 0 Å². The molecule has 1 aliphatic carbocycles. The lowest BCUT2D eigenvalue weighted by Crippen LogP contribution is -2.18. The minimum absolute atomic E-state index is 0.00862. The Morgan fingerprint density at radius 3 is 2.56 bits per heavy atom. The highest BCUT2D eigenvalue weighted by molar-refractivity contribution is 6.31. The number of carboxylic acids is 1. The van der Waals surface area contributed by atoms with Crippen molar-refractivity contribution in [2.24, 2.45) is 11.3 Å². The van der Waals surface area contributed by atoms with E-state index in [-0.39, 0.29) is 22.8 Å². The Morgan fingerprint density at radius 1 is 1.44 bits per heavy atom. The van der Waals surface area contributed by atoms with E-state index >= 15 is 0 Å². The van der Waals surface area contributed by atoms with Gasteiger partial charge in [0.1, 0.15) is 0 Å². The zero-order chi connectivity index (χ0) is 13.5. The van der Waals surface area contributed by atoms with Gasteiger partial charge in [-0.2, -0.15) is 0 Å². The van der Waals surface area contributed by atoms with Gasteiger partial charge in [-0.15, -0.1) is 0 Å². The van der Waals surface area contributed by atoms with Gasteiger partial charge in [-0.1, -0.05) is 25.4 Å². The van der Waals surface area contributed by atoms with E-state index in [1.807, 2.05) is 13.8 Å². The quantitative estimate of drug-likeness (QED) is 0.885. The molecular formula is C13H14ClNO3. The number of halogens is 1. The topological polar surface area (TPSA) is 66.4 Å². The zero-order valence-electron chi connectivity index (χ0n) is 10.2. The highest BCUT2D eigenvalue weighted by Crippen LogP contribution is 2.52. The van der Waals surface area contributed by atoms with Crippen LogP contribution in [0.1, 0.15) is 30.6 Å². The number of nitrogens with one attached hydrogen (secondary N) is 1. The minimum atomic E-state index is -1.11. The lowest BCUT2D eigenvalue weighted by atomic mass is 10.1. The molecule has 0 heterocycles. The van der Waals surface area contributed by atoms with Crippen molar-refractivity contribution in [3.8, 4) is 0 Å². The van der Waals surface area contributed by atoms with Gasteiger partial charge < -0.3 is 10.4 Å². The number of rotatable bonds is 3. The van der Waals surface area contributed by atoms with Crippen molar-refractivity contribution < 1.29 is 14.7 Å². The Kier molecular flexibility index (Phi) is 3.07. The molecule has 1 aromatic carbocycles. The minimum Gasteiger partial charge on any atom is -0.478 e. The summed E-state index contributed by atoms with van der Waals surface area (Å²) in [6.07, 6.45) is 0.828. The molecule has 1 amide bonds. The molecule has 2 rings (SSSR count). The van der Waals surface area contributed by atoms with Crippen LogP contribution < -0.4 is 5.32 Å². The van der Waals surface area contributed by atoms with Crippen LogP contribution in [0.5, 0.6) is 0 Å². The Balaban J connectivity index is 2.19. The van der Waals surface area contributed by atoms with Gasteiger partial charge in [0.05, 0.1) is 11.3 Å². The monoisotopic (exact) mass is 267 g/mol. The Morgan fingerprint density at radius 2 is 2.06 bits per heavy atom. The van der Waals surface area contributed by atoms with Crippen LogP contribution in [-0.2, 0) is 4.79 Å². The molecule has 0 aromatic heterocycles. The van der Waals surface area contributed by atoms with E-state index in [1.54, 1.807) is 6.07 Å². The first-order chi connectivity index (χ1) is 8.31. The number of anilines is 1. The second-order valence-corrected chi connectivity index (χ2v) is 5.67. The number of carbonyl (C=O) groups is 2. The standard InChI is InChI=1S/C13H14ClNO3/c1-13(2)6-9(13)11(16)15-10-4-3-7(14)5-8(10)12(17)18/h3-5,9H,6H2,1-2H3,(H,15,16)(H,17,18). The number of aromatic carboxylic acids is 1. The molecule has 0 saturated heterocycles. The van der Waals surface area contributed by atoms with E-state index in [1.165, 1.54) is 12.1 Å². The SMILES string of the molecule is CC1(C)CC1C(=O)Nc1ccc(Cl)cc1C(=O)O. The summed E-state index contributed by atoms with van der Waals surface area (Å²) in [4.78, 5) is 23.0. The van der Waals surface area contributed by atoms with Gasteiger partial charge in [0.2, 0.25) is 5.91 Å². The molecule has 1 aromatic rings. The molecule has 0 spiro atoms. The summed E-state index contributed by atoms with van der Waals surface area (Å²) in [7, 11) is 0. The fraction of sp³-hybridized carbons (Fsp3) is 0.385. The van der Waals surface area contributed by atoms with E-state index in [0.29, 0.717) is 10.7 Å². The number of carboxylic acid groups (broad SMARTS) is 1. The molecule has 0 bridgehead atoms. The van der Waals surface area contributed by atoms with Crippen LogP contribution in [0.4, 0.5) is 5.69 Å². The molecule has 18 heavy (non-hydrogen) atoms. The van der Waals surface area contributed by atoms with Crippen LogP contribution in [0.3, 0.4) is 0 Å². The van der Waals surface area contributed by atoms with E-state index in [2.05, 4.69) is 5.32 Å². The maximum atomic E-state index is 11.9. The average molecular weight is 268 g/mol. The first-order valence-electron chi connectivity index (χ1n) is 5.65. The van der Waals surface area contributed by atoms with Crippen LogP contribution >= 0.6 is 11.6 Å². The van der Waals surface area contributed by atoms with Crippen molar-refractivity contribution in [1.82, 2.24) is 0 Å². The average Bonchev–Trinajstić information content (AvgIpc) is 2.90. The van der Waals surface area contributed by atoms with Crippen molar-refractivity contribution >= 4 is 29.2 Å². The molecule has 1 atom stereocenters. The van der Waals surface area contributed by atoms with Crippen molar-refractivity contribution in [2.45, 2.75) is 20.3 Å². The number of carbonyl (C=O) groups excluding carboxylic acids is 1. The van der Waals surface area contributed by atoms with Crippen LogP contribution in [0, 0.1) is 11.3 Å². The van der Waals surface area contributed by atoms with Gasteiger partial charge in [0, 0.05) is 10.9 Å². The number of amides is 1. The molecular weight excluding hydrogens is 254 g/mol. The molecule has 1 fully saturated rings. The zero-order valence-corrected chi connectivity index (χ0v) is 10.9. The van der Waals surface area contributed by atoms with Crippen LogP contribution in [0.2, 0.25) is 5.02 Å². The summed E-state index contributed by atoms with van der Waals surface area (Å²) < 4.78 is 0. The lowest BCUT2D eigenvalue weighted by Gasteiger charge is -2.09. The van der Waals surface area contributed by atoms with Gasteiger partial charge >= 0.3 is 5.97 Å². The third-order valence-electron chi connectivity index (χ3n) is 3.30. The smallest absolute Gasteiger partial charge is 0.337 e. The Labute approximate surface area is 110 Å². The number of hydrogen-bond acceptors (Lipinski definition) is 2. The van der Waals surface area contributed by atoms with E-state index in [0.717, 1.165) is 6.42 Å². The maximum Gasteiger partial charge on any atom is 0.337 e. The van der Waals surface area contributed by atoms with Crippen LogP contribution in [-0.4, -0.2) is 17.0 Å². The Hall–Kier alpha value is -1.55. The molecule has 2 N–H and O–H groups in total. The second kappa shape index (κ2) is 4.28. The van der Waals surface area contributed by atoms with Crippen molar-refractivity contribution in [3.63, 3.8) is 0 Å². The molecule has 0 aliphatic heterocycles. The first-order valence-corrected chi connectivity index (χ1v) is 6.03. The van der Waals surface area contributed by atoms with Gasteiger partial charge in [-0.25, -0.2) is 4.79 Å². The van der Waals surface area contributed by atoms with Gasteiger partial charge in [-0.05, 0) is 30.0 Å². The van der Waals surface area contributed by atoms with E-state index in [9.17, 15) is 9.59 Å². The van der Waals surface area contributed by atoms with Gasteiger partial charge in [-0.3, -0.25) is 4.79 Å². The lowest BCUT2D eigenvalue weighted by molar-refractivity contribution is -0.118. The predicted molar refractivity (Wildman–Crippen MR) is 68.9 cm³/mol. The molecule has 1 aliphatic rings. The van der Waals surface area contributed by atoms with Gasteiger partial charge in [0.25, 0.3) is 0 Å². The fourth-order valence-electron chi connectivity index (χ4n) is 1.94. The fourth-order valence-corrected chi connectivity index (χ4v) is 2.11. The second-order valence-electron chi connectivity index (χ2n) is 5.23. The van der Waals surface area contributed by atoms with Crippen molar-refractivity contribution in [2.75, 3.05) is 5.32 Å². The normalized spacial score (nSPS) is 20.3. The molecule has 0 radical (unpaired) electrons. The van der Waals surface area contributed by atoms with Crippen molar-refractivity contribution in [3.05, 3.63) is 28.8 Å². The van der Waals surface area contributed by atoms with Crippen LogP contribution in [0.25, 0.3) is 0 Å². The van der Waals surface area contributed by atoms with Crippen LogP contribution in [0.15, 0.2) is 18.2 Å². The molecule has 4 nitrogen and oxygen atoms in total. The highest BCUT2D eigenvalue weighted by Gasteiger charge is 2.50. The largest absolute Gasteiger partial charge is 0.478 e. The summed E-state index contributed by atoms with van der Waals surface area (Å²) in [5.74, 6) is -1.29. The summed E-state index contributed by atoms with van der Waals surface area (Å²) in [5, 5.41) is 12.0. The molecule has 1 unspecified atom stereocenters. The number of benzene rings is 1. The molecule has 96 valence electrons. The Bertz CT molecular complexity index is 525. The molecule has 1 saturated carbocycles. The third-order valence-corrected chi connectivity index (χ3v) is 3.53. The van der Waals surface area contributed by atoms with E-state index < -0.39 is 5.97 Å². The summed E-state index contributed by atoms with van der Waals surface area (Å²) in [6.45, 7) is 4.02. The molecule has 5 heteroatoms. The predicted octanol–water partition coefficient (Wildman–Crippen LogP) is 3.02. The highest BCUT2D eigenvalue weighted by atomic mass is 35.5.